The van der Waals surface area contributed by atoms with E-state index in [0.29, 0.717) is 17.4 Å². The van der Waals surface area contributed by atoms with Gasteiger partial charge in [-0.3, -0.25) is 9.59 Å². The summed E-state index contributed by atoms with van der Waals surface area (Å²) in [5.41, 5.74) is 2.67. The molecule has 0 aliphatic carbocycles. The molecule has 1 aliphatic heterocycles. The fourth-order valence-corrected chi connectivity index (χ4v) is 4.08. The maximum Gasteiger partial charge on any atom is 0.267 e. The number of nitrogens with zero attached hydrogens (tertiary/aromatic N) is 4. The highest BCUT2D eigenvalue weighted by Gasteiger charge is 2.21. The lowest BCUT2D eigenvalue weighted by Gasteiger charge is -2.37. The molecule has 0 unspecified atom stereocenters. The van der Waals surface area contributed by atoms with Crippen LogP contribution in [0.5, 0.6) is 5.75 Å². The Kier molecular flexibility index (Phi) is 7.15. The number of rotatable bonds is 7. The fourth-order valence-electron chi connectivity index (χ4n) is 4.08. The van der Waals surface area contributed by atoms with Crippen LogP contribution in [0.3, 0.4) is 0 Å². The van der Waals surface area contributed by atoms with Crippen LogP contribution in [-0.4, -0.2) is 49.0 Å². The van der Waals surface area contributed by atoms with Gasteiger partial charge in [-0.25, -0.2) is 4.68 Å². The van der Waals surface area contributed by atoms with Crippen LogP contribution in [0.1, 0.15) is 25.3 Å². The van der Waals surface area contributed by atoms with Crippen LogP contribution in [0.2, 0.25) is 0 Å². The van der Waals surface area contributed by atoms with E-state index in [4.69, 9.17) is 4.74 Å². The van der Waals surface area contributed by atoms with Crippen molar-refractivity contribution in [2.75, 3.05) is 48.4 Å². The normalized spacial score (nSPS) is 13.8. The van der Waals surface area contributed by atoms with E-state index in [0.717, 1.165) is 37.6 Å². The van der Waals surface area contributed by atoms with E-state index >= 15 is 0 Å². The monoisotopic (exact) mass is 461 g/mol. The van der Waals surface area contributed by atoms with Crippen molar-refractivity contribution in [1.82, 2.24) is 9.78 Å². The molecule has 2 aromatic carbocycles. The van der Waals surface area contributed by atoms with Gasteiger partial charge < -0.3 is 19.9 Å². The number of ether oxygens (including phenoxy) is 1. The molecule has 2 heterocycles. The highest BCUT2D eigenvalue weighted by Crippen LogP contribution is 2.28. The van der Waals surface area contributed by atoms with E-state index in [9.17, 15) is 9.59 Å². The zero-order chi connectivity index (χ0) is 24.1. The first-order chi connectivity index (χ1) is 16.4. The van der Waals surface area contributed by atoms with Gasteiger partial charge in [0.25, 0.3) is 5.56 Å². The first kappa shape index (κ1) is 23.4. The Bertz CT molecular complexity index is 1180. The van der Waals surface area contributed by atoms with Gasteiger partial charge in [0.1, 0.15) is 18.1 Å². The molecule has 4 rings (SSSR count). The van der Waals surface area contributed by atoms with Crippen LogP contribution >= 0.6 is 0 Å². The molecule has 1 aromatic heterocycles. The van der Waals surface area contributed by atoms with E-state index in [1.54, 1.807) is 13.2 Å². The number of aromatic nitrogens is 2. The minimum Gasteiger partial charge on any atom is -0.495 e. The average molecular weight is 462 g/mol. The zero-order valence-electron chi connectivity index (χ0n) is 19.9. The van der Waals surface area contributed by atoms with Crippen molar-refractivity contribution in [2.45, 2.75) is 26.3 Å². The molecule has 8 heteroatoms. The van der Waals surface area contributed by atoms with Gasteiger partial charge in [-0.15, -0.1) is 0 Å². The number of amides is 1. The maximum atomic E-state index is 12.6. The van der Waals surface area contributed by atoms with Gasteiger partial charge in [-0.1, -0.05) is 38.1 Å². The summed E-state index contributed by atoms with van der Waals surface area (Å²) >= 11 is 0. The van der Waals surface area contributed by atoms with Crippen molar-refractivity contribution in [3.63, 3.8) is 0 Å². The Morgan fingerprint density at radius 2 is 1.65 bits per heavy atom. The topological polar surface area (TPSA) is 79.7 Å². The molecule has 178 valence electrons. The molecule has 1 amide bonds. The van der Waals surface area contributed by atoms with Gasteiger partial charge in [0, 0.05) is 37.9 Å². The number of piperazine rings is 1. The summed E-state index contributed by atoms with van der Waals surface area (Å²) in [5.74, 6) is 1.68. The highest BCUT2D eigenvalue weighted by molar-refractivity contribution is 5.90. The Balaban J connectivity index is 1.39. The zero-order valence-corrected chi connectivity index (χ0v) is 19.9. The SMILES string of the molecule is COc1ccccc1N1CCN(c2ccc(=O)n(CC(=O)Nc3ccc(C(C)C)cc3)n2)CC1. The van der Waals surface area contributed by atoms with Crippen molar-refractivity contribution < 1.29 is 9.53 Å². The number of carbonyl (C=O) groups excluding carboxylic acids is 1. The number of nitrogens with one attached hydrogen (secondary N) is 1. The second-order valence-electron chi connectivity index (χ2n) is 8.66. The summed E-state index contributed by atoms with van der Waals surface area (Å²) in [5, 5.41) is 7.32. The quantitative estimate of drug-likeness (QED) is 0.581. The fraction of sp³-hybridized carbons (Fsp3) is 0.346. The van der Waals surface area contributed by atoms with E-state index < -0.39 is 0 Å². The summed E-state index contributed by atoms with van der Waals surface area (Å²) in [6.07, 6.45) is 0. The lowest BCUT2D eigenvalue weighted by molar-refractivity contribution is -0.117. The Labute approximate surface area is 199 Å². The number of benzene rings is 2. The standard InChI is InChI=1S/C26H31N5O3/c1-19(2)20-8-10-21(11-9-20)27-25(32)18-31-26(33)13-12-24(28-31)30-16-14-29(15-17-30)22-6-4-5-7-23(22)34-3/h4-13,19H,14-18H2,1-3H3,(H,27,32). The van der Waals surface area contributed by atoms with Gasteiger partial charge in [-0.2, -0.15) is 5.10 Å². The summed E-state index contributed by atoms with van der Waals surface area (Å²) in [7, 11) is 1.68. The second kappa shape index (κ2) is 10.4. The third-order valence-corrected chi connectivity index (χ3v) is 6.04. The van der Waals surface area contributed by atoms with Crippen molar-refractivity contribution in [3.8, 4) is 5.75 Å². The summed E-state index contributed by atoms with van der Waals surface area (Å²) in [6.45, 7) is 7.20. The molecule has 1 fully saturated rings. The number of carbonyl (C=O) groups is 1. The molecule has 0 bridgehead atoms. The molecule has 0 radical (unpaired) electrons. The number of hydrogen-bond acceptors (Lipinski definition) is 6. The summed E-state index contributed by atoms with van der Waals surface area (Å²) in [4.78, 5) is 29.3. The molecule has 1 saturated heterocycles. The van der Waals surface area contributed by atoms with Crippen LogP contribution in [0.15, 0.2) is 65.5 Å². The van der Waals surface area contributed by atoms with Crippen molar-refractivity contribution in [2.24, 2.45) is 0 Å². The van der Waals surface area contributed by atoms with Gasteiger partial charge in [0.15, 0.2) is 0 Å². The van der Waals surface area contributed by atoms with Gasteiger partial charge in [0.2, 0.25) is 5.91 Å². The number of hydrogen-bond donors (Lipinski definition) is 1. The van der Waals surface area contributed by atoms with Crippen LogP contribution < -0.4 is 25.4 Å². The first-order valence-electron chi connectivity index (χ1n) is 11.6. The van der Waals surface area contributed by atoms with Crippen LogP contribution in [0, 0.1) is 0 Å². The summed E-state index contributed by atoms with van der Waals surface area (Å²) < 4.78 is 6.71. The molecule has 1 N–H and O–H groups in total. The molecule has 0 spiro atoms. The van der Waals surface area contributed by atoms with Crippen molar-refractivity contribution >= 4 is 23.1 Å². The number of methoxy groups -OCH3 is 1. The van der Waals surface area contributed by atoms with E-state index in [1.165, 1.54) is 16.3 Å². The molecule has 8 nitrogen and oxygen atoms in total. The largest absolute Gasteiger partial charge is 0.495 e. The Hall–Kier alpha value is -3.81. The summed E-state index contributed by atoms with van der Waals surface area (Å²) in [6, 6.07) is 18.9. The molecule has 34 heavy (non-hydrogen) atoms. The minimum absolute atomic E-state index is 0.139. The average Bonchev–Trinajstić information content (AvgIpc) is 2.86. The lowest BCUT2D eigenvalue weighted by atomic mass is 10.0. The second-order valence-corrected chi connectivity index (χ2v) is 8.66. The smallest absolute Gasteiger partial charge is 0.267 e. The molecular formula is C26H31N5O3. The maximum absolute atomic E-state index is 12.6. The molecule has 1 aliphatic rings. The number of anilines is 3. The molecule has 3 aromatic rings. The van der Waals surface area contributed by atoms with Crippen LogP contribution in [0.25, 0.3) is 0 Å². The molecular weight excluding hydrogens is 430 g/mol. The number of para-hydroxylation sites is 2. The van der Waals surface area contributed by atoms with Crippen molar-refractivity contribution in [3.05, 3.63) is 76.6 Å². The molecule has 0 atom stereocenters. The van der Waals surface area contributed by atoms with Crippen LogP contribution in [0.4, 0.5) is 17.2 Å². The van der Waals surface area contributed by atoms with Gasteiger partial charge >= 0.3 is 0 Å². The third-order valence-electron chi connectivity index (χ3n) is 6.04. The van der Waals surface area contributed by atoms with E-state index in [2.05, 4.69) is 40.1 Å². The van der Waals surface area contributed by atoms with Crippen molar-refractivity contribution in [1.29, 1.82) is 0 Å². The predicted molar refractivity (Wildman–Crippen MR) is 135 cm³/mol. The van der Waals surface area contributed by atoms with E-state index in [-0.39, 0.29) is 18.0 Å². The first-order valence-corrected chi connectivity index (χ1v) is 11.6. The predicted octanol–water partition coefficient (Wildman–Crippen LogP) is 3.34. The van der Waals surface area contributed by atoms with Gasteiger partial charge in [-0.05, 0) is 41.8 Å². The highest BCUT2D eigenvalue weighted by atomic mass is 16.5. The lowest BCUT2D eigenvalue weighted by Crippen LogP contribution is -2.47. The Morgan fingerprint density at radius 3 is 2.32 bits per heavy atom. The third kappa shape index (κ3) is 5.39. The van der Waals surface area contributed by atoms with Gasteiger partial charge in [0.05, 0.1) is 12.8 Å². The van der Waals surface area contributed by atoms with E-state index in [1.807, 2.05) is 42.5 Å². The minimum atomic E-state index is -0.304. The molecule has 0 saturated carbocycles. The van der Waals surface area contributed by atoms with Crippen LogP contribution in [-0.2, 0) is 11.3 Å². The Morgan fingerprint density at radius 1 is 0.971 bits per heavy atom.